The molecule has 2 aliphatic rings. The third kappa shape index (κ3) is 2.39. The Kier molecular flexibility index (Phi) is 3.83. The van der Waals surface area contributed by atoms with Gasteiger partial charge in [-0.2, -0.15) is 0 Å². The highest BCUT2D eigenvalue weighted by Crippen LogP contribution is 2.50. The van der Waals surface area contributed by atoms with Gasteiger partial charge in [0.05, 0.1) is 12.3 Å². The summed E-state index contributed by atoms with van der Waals surface area (Å²) in [6.45, 7) is 2.23. The highest BCUT2D eigenvalue weighted by atomic mass is 16.5. The Balaban J connectivity index is 2.04. The SMILES string of the molecule is CCOC(=O)[C@H]1C(=N)c2ccccc2CC12CCCCC2. The summed E-state index contributed by atoms with van der Waals surface area (Å²) < 4.78 is 5.31. The van der Waals surface area contributed by atoms with E-state index in [0.717, 1.165) is 37.7 Å². The fourth-order valence-corrected chi connectivity index (χ4v) is 4.20. The molecule has 1 spiro atoms. The van der Waals surface area contributed by atoms with Gasteiger partial charge in [0, 0.05) is 0 Å². The van der Waals surface area contributed by atoms with Gasteiger partial charge in [-0.15, -0.1) is 0 Å². The molecule has 0 heterocycles. The van der Waals surface area contributed by atoms with Crippen molar-refractivity contribution in [2.45, 2.75) is 45.4 Å². The van der Waals surface area contributed by atoms with Crippen molar-refractivity contribution in [3.05, 3.63) is 35.4 Å². The molecule has 0 amide bonds. The predicted molar refractivity (Wildman–Crippen MR) is 82.6 cm³/mol. The van der Waals surface area contributed by atoms with E-state index in [9.17, 15) is 4.79 Å². The van der Waals surface area contributed by atoms with Crippen molar-refractivity contribution in [1.82, 2.24) is 0 Å². The van der Waals surface area contributed by atoms with Gasteiger partial charge in [0.2, 0.25) is 0 Å². The van der Waals surface area contributed by atoms with E-state index < -0.39 is 0 Å². The summed E-state index contributed by atoms with van der Waals surface area (Å²) in [7, 11) is 0. The molecule has 2 aliphatic carbocycles. The first-order chi connectivity index (χ1) is 10.2. The van der Waals surface area contributed by atoms with E-state index in [0.29, 0.717) is 12.3 Å². The third-order valence-corrected chi connectivity index (χ3v) is 5.12. The summed E-state index contributed by atoms with van der Waals surface area (Å²) in [4.78, 5) is 12.5. The van der Waals surface area contributed by atoms with Crippen molar-refractivity contribution >= 4 is 11.7 Å². The van der Waals surface area contributed by atoms with E-state index in [2.05, 4.69) is 6.07 Å². The normalized spacial score (nSPS) is 23.7. The van der Waals surface area contributed by atoms with Crippen LogP contribution in [0, 0.1) is 16.7 Å². The lowest BCUT2D eigenvalue weighted by atomic mass is 9.57. The average molecular weight is 285 g/mol. The molecule has 21 heavy (non-hydrogen) atoms. The van der Waals surface area contributed by atoms with Crippen LogP contribution in [0.1, 0.15) is 50.2 Å². The molecule has 3 heteroatoms. The maximum atomic E-state index is 12.5. The number of carbonyl (C=O) groups excluding carboxylic acids is 1. The van der Waals surface area contributed by atoms with E-state index in [1.807, 2.05) is 25.1 Å². The van der Waals surface area contributed by atoms with Crippen molar-refractivity contribution in [2.75, 3.05) is 6.61 Å². The number of hydrogen-bond acceptors (Lipinski definition) is 3. The third-order valence-electron chi connectivity index (χ3n) is 5.12. The number of benzene rings is 1. The Morgan fingerprint density at radius 1 is 1.29 bits per heavy atom. The zero-order valence-electron chi connectivity index (χ0n) is 12.7. The number of carbonyl (C=O) groups is 1. The zero-order valence-corrected chi connectivity index (χ0v) is 12.7. The van der Waals surface area contributed by atoms with Crippen molar-refractivity contribution in [2.24, 2.45) is 11.3 Å². The molecule has 3 rings (SSSR count). The maximum Gasteiger partial charge on any atom is 0.315 e. The highest BCUT2D eigenvalue weighted by Gasteiger charge is 2.50. The fraction of sp³-hybridized carbons (Fsp3) is 0.556. The van der Waals surface area contributed by atoms with Crippen LogP contribution in [-0.2, 0) is 16.0 Å². The number of ether oxygens (including phenoxy) is 1. The molecule has 1 aromatic rings. The largest absolute Gasteiger partial charge is 0.465 e. The van der Waals surface area contributed by atoms with Crippen LogP contribution >= 0.6 is 0 Å². The van der Waals surface area contributed by atoms with Gasteiger partial charge in [-0.3, -0.25) is 4.79 Å². The van der Waals surface area contributed by atoms with Gasteiger partial charge in [0.15, 0.2) is 0 Å². The van der Waals surface area contributed by atoms with Crippen LogP contribution in [-0.4, -0.2) is 18.3 Å². The maximum absolute atomic E-state index is 12.5. The lowest BCUT2D eigenvalue weighted by Gasteiger charge is -2.46. The fourth-order valence-electron chi connectivity index (χ4n) is 4.20. The van der Waals surface area contributed by atoms with E-state index in [1.165, 1.54) is 12.0 Å². The first-order valence-electron chi connectivity index (χ1n) is 8.01. The molecule has 0 bridgehead atoms. The smallest absolute Gasteiger partial charge is 0.315 e. The van der Waals surface area contributed by atoms with Crippen LogP contribution in [0.4, 0.5) is 0 Å². The second-order valence-corrected chi connectivity index (χ2v) is 6.36. The summed E-state index contributed by atoms with van der Waals surface area (Å²) in [5.74, 6) is -0.577. The van der Waals surface area contributed by atoms with Crippen LogP contribution in [0.25, 0.3) is 0 Å². The van der Waals surface area contributed by atoms with Crippen molar-refractivity contribution < 1.29 is 9.53 Å². The van der Waals surface area contributed by atoms with Gasteiger partial charge in [-0.1, -0.05) is 43.5 Å². The lowest BCUT2D eigenvalue weighted by molar-refractivity contribution is -0.150. The quantitative estimate of drug-likeness (QED) is 0.841. The number of esters is 1. The molecule has 0 aromatic heterocycles. The topological polar surface area (TPSA) is 50.2 Å². The summed E-state index contributed by atoms with van der Waals surface area (Å²) in [6.07, 6.45) is 6.54. The monoisotopic (exact) mass is 285 g/mol. The molecule has 112 valence electrons. The Bertz CT molecular complexity index is 558. The molecule has 0 unspecified atom stereocenters. The highest BCUT2D eigenvalue weighted by molar-refractivity contribution is 6.12. The van der Waals surface area contributed by atoms with Gasteiger partial charge in [0.1, 0.15) is 5.92 Å². The van der Waals surface area contributed by atoms with Crippen molar-refractivity contribution in [3.8, 4) is 0 Å². The average Bonchev–Trinajstić information content (AvgIpc) is 2.48. The Morgan fingerprint density at radius 2 is 2.00 bits per heavy atom. The van der Waals surface area contributed by atoms with Crippen molar-refractivity contribution in [3.63, 3.8) is 0 Å². The molecular weight excluding hydrogens is 262 g/mol. The Morgan fingerprint density at radius 3 is 2.71 bits per heavy atom. The molecule has 1 saturated carbocycles. The van der Waals surface area contributed by atoms with Crippen molar-refractivity contribution in [1.29, 1.82) is 5.41 Å². The first kappa shape index (κ1) is 14.3. The van der Waals surface area contributed by atoms with Crippen LogP contribution in [0.15, 0.2) is 24.3 Å². The number of fused-ring (bicyclic) bond motifs is 1. The summed E-state index contributed by atoms with van der Waals surface area (Å²) in [5.41, 5.74) is 2.55. The van der Waals surface area contributed by atoms with Gasteiger partial charge in [-0.25, -0.2) is 0 Å². The van der Waals surface area contributed by atoms with Gasteiger partial charge in [0.25, 0.3) is 0 Å². The number of hydrogen-bond donors (Lipinski definition) is 1. The Hall–Kier alpha value is -1.64. The number of nitrogens with one attached hydrogen (secondary N) is 1. The van der Waals surface area contributed by atoms with Crippen LogP contribution in [0.5, 0.6) is 0 Å². The first-order valence-corrected chi connectivity index (χ1v) is 8.01. The minimum absolute atomic E-state index is 0.0874. The molecule has 1 atom stereocenters. The number of rotatable bonds is 2. The molecule has 1 fully saturated rings. The van der Waals surface area contributed by atoms with E-state index in [4.69, 9.17) is 10.1 Å². The predicted octanol–water partition coefficient (Wildman–Crippen LogP) is 3.74. The minimum atomic E-state index is -0.382. The van der Waals surface area contributed by atoms with Crippen LogP contribution in [0.3, 0.4) is 0 Å². The standard InChI is InChI=1S/C18H23NO2/c1-2-21-17(20)15-16(19)14-9-5-4-8-13(14)12-18(15)10-6-3-7-11-18/h4-5,8-9,15,19H,2-3,6-7,10-12H2,1H3/t15-/m1/s1. The molecule has 3 nitrogen and oxygen atoms in total. The molecule has 1 aromatic carbocycles. The summed E-state index contributed by atoms with van der Waals surface area (Å²) in [6, 6.07) is 8.07. The zero-order chi connectivity index (χ0) is 14.9. The Labute approximate surface area is 126 Å². The summed E-state index contributed by atoms with van der Waals surface area (Å²) in [5, 5.41) is 8.60. The van der Waals surface area contributed by atoms with E-state index in [1.54, 1.807) is 0 Å². The van der Waals surface area contributed by atoms with Gasteiger partial charge in [-0.05, 0) is 42.7 Å². The molecule has 0 saturated heterocycles. The molecule has 0 radical (unpaired) electrons. The van der Waals surface area contributed by atoms with E-state index >= 15 is 0 Å². The van der Waals surface area contributed by atoms with Crippen LogP contribution < -0.4 is 0 Å². The van der Waals surface area contributed by atoms with Crippen LogP contribution in [0.2, 0.25) is 0 Å². The van der Waals surface area contributed by atoms with Gasteiger partial charge < -0.3 is 10.1 Å². The summed E-state index contributed by atoms with van der Waals surface area (Å²) >= 11 is 0. The van der Waals surface area contributed by atoms with E-state index in [-0.39, 0.29) is 17.3 Å². The second kappa shape index (κ2) is 5.63. The lowest BCUT2D eigenvalue weighted by Crippen LogP contribution is -2.48. The second-order valence-electron chi connectivity index (χ2n) is 6.36. The van der Waals surface area contributed by atoms with Gasteiger partial charge >= 0.3 is 5.97 Å². The molecular formula is C18H23NO2. The molecule has 0 aliphatic heterocycles. The minimum Gasteiger partial charge on any atom is -0.465 e. The molecule has 1 N–H and O–H groups in total.